The highest BCUT2D eigenvalue weighted by Crippen LogP contribution is 2.18. The Hall–Kier alpha value is 0. The van der Waals surface area contributed by atoms with Gasteiger partial charge >= 0.3 is 0 Å². The molecule has 0 aliphatic heterocycles. The molecule has 0 aliphatic rings. The average Bonchev–Trinajstić information content (AvgIpc) is 2.03. The lowest BCUT2D eigenvalue weighted by molar-refractivity contribution is 0.375. The lowest BCUT2D eigenvalue weighted by atomic mass is 9.92. The molecule has 0 spiro atoms. The Morgan fingerprint density at radius 1 is 0.833 bits per heavy atom. The van der Waals surface area contributed by atoms with Crippen molar-refractivity contribution in [1.29, 1.82) is 0 Å². The fraction of sp³-hybridized carbons (Fsp3) is 1.00. The molecule has 0 saturated heterocycles. The van der Waals surface area contributed by atoms with E-state index in [-0.39, 0.29) is 0 Å². The molecule has 0 nitrogen and oxygen atoms in total. The summed E-state index contributed by atoms with van der Waals surface area (Å²) in [5, 5.41) is 0. The predicted molar refractivity (Wildman–Crippen MR) is 57.4 cm³/mol. The largest absolute Gasteiger partial charge is 0.0654 e. The van der Waals surface area contributed by atoms with Crippen LogP contribution in [0.2, 0.25) is 0 Å². The summed E-state index contributed by atoms with van der Waals surface area (Å²) in [6.45, 7) is 9.31. The number of hydrogen-bond donors (Lipinski definition) is 0. The normalized spacial score (nSPS) is 13.8. The zero-order chi connectivity index (χ0) is 9.40. The number of unbranched alkanes of at least 4 members (excludes halogenated alkanes) is 4. The molecular formula is C12H26. The lowest BCUT2D eigenvalue weighted by Crippen LogP contribution is -2.03. The molecular weight excluding hydrogens is 144 g/mol. The standard InChI is InChI=1S/C12H26/c1-5-6-7-8-9-10-12(4)11(2)3/h11-12H,5-10H2,1-4H3. The lowest BCUT2D eigenvalue weighted by Gasteiger charge is -2.14. The van der Waals surface area contributed by atoms with Crippen LogP contribution in [0.4, 0.5) is 0 Å². The molecule has 0 heteroatoms. The topological polar surface area (TPSA) is 0 Å². The summed E-state index contributed by atoms with van der Waals surface area (Å²) in [5.41, 5.74) is 0. The molecule has 0 aliphatic carbocycles. The minimum Gasteiger partial charge on any atom is -0.0654 e. The van der Waals surface area contributed by atoms with Gasteiger partial charge in [-0.25, -0.2) is 0 Å². The van der Waals surface area contributed by atoms with E-state index in [0.717, 1.165) is 11.8 Å². The van der Waals surface area contributed by atoms with Crippen molar-refractivity contribution in [2.75, 3.05) is 0 Å². The van der Waals surface area contributed by atoms with Crippen molar-refractivity contribution in [2.24, 2.45) is 11.8 Å². The van der Waals surface area contributed by atoms with Crippen molar-refractivity contribution in [3.05, 3.63) is 0 Å². The van der Waals surface area contributed by atoms with Gasteiger partial charge in [0.2, 0.25) is 0 Å². The number of rotatable bonds is 7. The highest BCUT2D eigenvalue weighted by molar-refractivity contribution is 4.57. The first-order chi connectivity index (χ1) is 5.68. The molecule has 0 aromatic heterocycles. The first-order valence-electron chi connectivity index (χ1n) is 5.68. The van der Waals surface area contributed by atoms with Gasteiger partial charge in [0.05, 0.1) is 0 Å². The average molecular weight is 170 g/mol. The van der Waals surface area contributed by atoms with Crippen LogP contribution in [-0.4, -0.2) is 0 Å². The quantitative estimate of drug-likeness (QED) is 0.488. The molecule has 12 heavy (non-hydrogen) atoms. The van der Waals surface area contributed by atoms with E-state index >= 15 is 0 Å². The molecule has 0 aromatic rings. The van der Waals surface area contributed by atoms with Crippen LogP contribution >= 0.6 is 0 Å². The summed E-state index contributed by atoms with van der Waals surface area (Å²) in [6.07, 6.45) is 8.56. The second kappa shape index (κ2) is 7.64. The third-order valence-corrected chi connectivity index (χ3v) is 2.90. The first kappa shape index (κ1) is 12.0. The van der Waals surface area contributed by atoms with Crippen molar-refractivity contribution in [3.63, 3.8) is 0 Å². The van der Waals surface area contributed by atoms with Gasteiger partial charge in [-0.05, 0) is 11.8 Å². The van der Waals surface area contributed by atoms with Crippen LogP contribution in [0.3, 0.4) is 0 Å². The van der Waals surface area contributed by atoms with Gasteiger partial charge in [-0.2, -0.15) is 0 Å². The van der Waals surface area contributed by atoms with Gasteiger partial charge in [-0.1, -0.05) is 66.2 Å². The molecule has 0 bridgehead atoms. The molecule has 0 saturated carbocycles. The van der Waals surface area contributed by atoms with Crippen molar-refractivity contribution in [3.8, 4) is 0 Å². The highest BCUT2D eigenvalue weighted by atomic mass is 14.1. The van der Waals surface area contributed by atoms with Gasteiger partial charge < -0.3 is 0 Å². The predicted octanol–water partition coefficient (Wildman–Crippen LogP) is 4.64. The maximum Gasteiger partial charge on any atom is -0.0420 e. The minimum atomic E-state index is 0.871. The zero-order valence-electron chi connectivity index (χ0n) is 9.40. The van der Waals surface area contributed by atoms with Gasteiger partial charge in [0.25, 0.3) is 0 Å². The molecule has 74 valence electrons. The van der Waals surface area contributed by atoms with Gasteiger partial charge in [0, 0.05) is 0 Å². The molecule has 0 amide bonds. The van der Waals surface area contributed by atoms with Crippen molar-refractivity contribution < 1.29 is 0 Å². The van der Waals surface area contributed by atoms with E-state index in [1.807, 2.05) is 0 Å². The van der Waals surface area contributed by atoms with Gasteiger partial charge in [0.15, 0.2) is 0 Å². The Labute approximate surface area is 78.8 Å². The summed E-state index contributed by atoms with van der Waals surface area (Å²) in [4.78, 5) is 0. The molecule has 0 radical (unpaired) electrons. The second-order valence-electron chi connectivity index (χ2n) is 4.42. The summed E-state index contributed by atoms with van der Waals surface area (Å²) in [6, 6.07) is 0. The Morgan fingerprint density at radius 3 is 1.92 bits per heavy atom. The summed E-state index contributed by atoms with van der Waals surface area (Å²) in [5.74, 6) is 1.79. The number of hydrogen-bond acceptors (Lipinski definition) is 0. The molecule has 1 atom stereocenters. The summed E-state index contributed by atoms with van der Waals surface area (Å²) < 4.78 is 0. The van der Waals surface area contributed by atoms with E-state index in [1.165, 1.54) is 38.5 Å². The van der Waals surface area contributed by atoms with E-state index in [1.54, 1.807) is 0 Å². The molecule has 0 heterocycles. The Morgan fingerprint density at radius 2 is 1.42 bits per heavy atom. The van der Waals surface area contributed by atoms with Gasteiger partial charge in [-0.3, -0.25) is 0 Å². The fourth-order valence-corrected chi connectivity index (χ4v) is 1.40. The van der Waals surface area contributed by atoms with Crippen molar-refractivity contribution in [1.82, 2.24) is 0 Å². The molecule has 1 unspecified atom stereocenters. The third-order valence-electron chi connectivity index (χ3n) is 2.90. The van der Waals surface area contributed by atoms with Crippen LogP contribution in [0.15, 0.2) is 0 Å². The van der Waals surface area contributed by atoms with Crippen LogP contribution in [0.5, 0.6) is 0 Å². The van der Waals surface area contributed by atoms with E-state index < -0.39 is 0 Å². The highest BCUT2D eigenvalue weighted by Gasteiger charge is 2.05. The van der Waals surface area contributed by atoms with Crippen LogP contribution in [0.25, 0.3) is 0 Å². The van der Waals surface area contributed by atoms with Gasteiger partial charge in [-0.15, -0.1) is 0 Å². The van der Waals surface area contributed by atoms with E-state index in [9.17, 15) is 0 Å². The Kier molecular flexibility index (Phi) is 7.64. The maximum absolute atomic E-state index is 2.38. The van der Waals surface area contributed by atoms with Crippen LogP contribution in [0, 0.1) is 11.8 Å². The van der Waals surface area contributed by atoms with Crippen molar-refractivity contribution in [2.45, 2.75) is 66.2 Å². The zero-order valence-corrected chi connectivity index (χ0v) is 9.40. The maximum atomic E-state index is 2.38. The molecule has 0 rings (SSSR count). The smallest absolute Gasteiger partial charge is 0.0420 e. The minimum absolute atomic E-state index is 0.871. The SMILES string of the molecule is CCCCCCCC(C)C(C)C. The molecule has 0 aromatic carbocycles. The van der Waals surface area contributed by atoms with Gasteiger partial charge in [0.1, 0.15) is 0 Å². The molecule has 0 fully saturated rings. The second-order valence-corrected chi connectivity index (χ2v) is 4.42. The van der Waals surface area contributed by atoms with E-state index in [4.69, 9.17) is 0 Å². The van der Waals surface area contributed by atoms with Crippen LogP contribution < -0.4 is 0 Å². The Balaban J connectivity index is 3.08. The monoisotopic (exact) mass is 170 g/mol. The summed E-state index contributed by atoms with van der Waals surface area (Å²) >= 11 is 0. The van der Waals surface area contributed by atoms with Crippen LogP contribution in [-0.2, 0) is 0 Å². The van der Waals surface area contributed by atoms with E-state index in [2.05, 4.69) is 27.7 Å². The van der Waals surface area contributed by atoms with Crippen molar-refractivity contribution >= 4 is 0 Å². The summed E-state index contributed by atoms with van der Waals surface area (Å²) in [7, 11) is 0. The van der Waals surface area contributed by atoms with Crippen LogP contribution in [0.1, 0.15) is 66.2 Å². The third kappa shape index (κ3) is 6.69. The first-order valence-corrected chi connectivity index (χ1v) is 5.68. The molecule has 0 N–H and O–H groups in total. The fourth-order valence-electron chi connectivity index (χ4n) is 1.40. The Bertz CT molecular complexity index is 84.0. The van der Waals surface area contributed by atoms with E-state index in [0.29, 0.717) is 0 Å².